The Bertz CT molecular complexity index is 470. The molecule has 0 aliphatic carbocycles. The van der Waals surface area contributed by atoms with E-state index in [1.54, 1.807) is 0 Å². The molecule has 0 spiro atoms. The van der Waals surface area contributed by atoms with E-state index >= 15 is 0 Å². The SMILES string of the molecule is O=C(Nc1ccncc1F)c1cn[nH]n1. The van der Waals surface area contributed by atoms with E-state index in [-0.39, 0.29) is 11.4 Å². The van der Waals surface area contributed by atoms with Crippen LogP contribution in [-0.4, -0.2) is 26.3 Å². The Labute approximate surface area is 83.5 Å². The van der Waals surface area contributed by atoms with Crippen molar-refractivity contribution < 1.29 is 9.18 Å². The molecule has 2 N–H and O–H groups in total. The number of nitrogens with zero attached hydrogens (tertiary/aromatic N) is 3. The molecule has 0 bridgehead atoms. The highest BCUT2D eigenvalue weighted by atomic mass is 19.1. The van der Waals surface area contributed by atoms with Crippen LogP contribution < -0.4 is 5.32 Å². The molecule has 7 heteroatoms. The number of aromatic nitrogens is 4. The van der Waals surface area contributed by atoms with Crippen LogP contribution in [0.5, 0.6) is 0 Å². The number of H-pyrrole nitrogens is 1. The molecule has 0 radical (unpaired) electrons. The molecular formula is C8H6FN5O. The second-order valence-corrected chi connectivity index (χ2v) is 2.66. The number of halogens is 1. The molecule has 0 aliphatic heterocycles. The number of carbonyl (C=O) groups is 1. The molecule has 1 amide bonds. The van der Waals surface area contributed by atoms with Crippen LogP contribution >= 0.6 is 0 Å². The van der Waals surface area contributed by atoms with E-state index in [0.29, 0.717) is 0 Å². The van der Waals surface area contributed by atoms with Gasteiger partial charge < -0.3 is 5.32 Å². The first kappa shape index (κ1) is 9.25. The third kappa shape index (κ3) is 1.96. The molecule has 0 saturated carbocycles. The molecule has 2 aromatic rings. The van der Waals surface area contributed by atoms with E-state index in [1.165, 1.54) is 18.5 Å². The zero-order valence-corrected chi connectivity index (χ0v) is 7.44. The minimum atomic E-state index is -0.602. The van der Waals surface area contributed by atoms with E-state index in [1.807, 2.05) is 0 Å². The summed E-state index contributed by atoms with van der Waals surface area (Å²) >= 11 is 0. The molecule has 2 heterocycles. The van der Waals surface area contributed by atoms with Gasteiger partial charge in [-0.15, -0.1) is 0 Å². The number of pyridine rings is 1. The summed E-state index contributed by atoms with van der Waals surface area (Å²) in [6, 6.07) is 1.35. The van der Waals surface area contributed by atoms with Crippen molar-refractivity contribution in [1.29, 1.82) is 0 Å². The average molecular weight is 207 g/mol. The van der Waals surface area contributed by atoms with Crippen LogP contribution in [0.2, 0.25) is 0 Å². The molecular weight excluding hydrogens is 201 g/mol. The number of nitrogens with one attached hydrogen (secondary N) is 2. The minimum Gasteiger partial charge on any atom is -0.318 e. The van der Waals surface area contributed by atoms with E-state index in [0.717, 1.165) is 6.20 Å². The number of hydrogen-bond acceptors (Lipinski definition) is 4. The first-order chi connectivity index (χ1) is 7.27. The van der Waals surface area contributed by atoms with Gasteiger partial charge in [0.05, 0.1) is 18.1 Å². The summed E-state index contributed by atoms with van der Waals surface area (Å²) in [5.41, 5.74) is 0.143. The average Bonchev–Trinajstić information content (AvgIpc) is 2.74. The van der Waals surface area contributed by atoms with Crippen molar-refractivity contribution in [3.8, 4) is 0 Å². The van der Waals surface area contributed by atoms with E-state index < -0.39 is 11.7 Å². The van der Waals surface area contributed by atoms with Crippen molar-refractivity contribution >= 4 is 11.6 Å². The van der Waals surface area contributed by atoms with Crippen molar-refractivity contribution in [2.45, 2.75) is 0 Å². The lowest BCUT2D eigenvalue weighted by atomic mass is 10.3. The summed E-state index contributed by atoms with van der Waals surface area (Å²) < 4.78 is 13.1. The standard InChI is InChI=1S/C8H6FN5O/c9-5-3-10-2-1-6(5)12-8(15)7-4-11-14-13-7/h1-4H,(H,10,12,15)(H,11,13,14). The largest absolute Gasteiger partial charge is 0.318 e. The molecule has 0 saturated heterocycles. The third-order valence-electron chi connectivity index (χ3n) is 1.67. The van der Waals surface area contributed by atoms with Crippen molar-refractivity contribution in [3.05, 3.63) is 36.2 Å². The molecule has 0 aliphatic rings. The summed E-state index contributed by atoms with van der Waals surface area (Å²) in [4.78, 5) is 15.0. The van der Waals surface area contributed by atoms with Crippen molar-refractivity contribution in [3.63, 3.8) is 0 Å². The summed E-state index contributed by atoms with van der Waals surface area (Å²) in [5.74, 6) is -1.14. The van der Waals surface area contributed by atoms with Crippen LogP contribution in [0.4, 0.5) is 10.1 Å². The minimum absolute atomic E-state index is 0.0537. The van der Waals surface area contributed by atoms with Gasteiger partial charge in [-0.2, -0.15) is 15.4 Å². The summed E-state index contributed by atoms with van der Waals surface area (Å²) in [5, 5.41) is 11.6. The number of amides is 1. The van der Waals surface area contributed by atoms with Gasteiger partial charge in [-0.1, -0.05) is 0 Å². The van der Waals surface area contributed by atoms with Crippen LogP contribution in [0, 0.1) is 5.82 Å². The summed E-state index contributed by atoms with van der Waals surface area (Å²) in [6.45, 7) is 0. The number of hydrogen-bond donors (Lipinski definition) is 2. The van der Waals surface area contributed by atoms with E-state index in [4.69, 9.17) is 0 Å². The molecule has 15 heavy (non-hydrogen) atoms. The summed E-state index contributed by atoms with van der Waals surface area (Å²) in [6.07, 6.45) is 3.63. The Morgan fingerprint density at radius 3 is 3.00 bits per heavy atom. The second-order valence-electron chi connectivity index (χ2n) is 2.66. The second kappa shape index (κ2) is 3.82. The number of carbonyl (C=O) groups excluding carboxylic acids is 1. The predicted octanol–water partition coefficient (Wildman–Crippen LogP) is 0.591. The molecule has 2 rings (SSSR count). The van der Waals surface area contributed by atoms with Crippen LogP contribution in [0.15, 0.2) is 24.7 Å². The lowest BCUT2D eigenvalue weighted by Gasteiger charge is -2.02. The predicted molar refractivity (Wildman–Crippen MR) is 48.5 cm³/mol. The maximum absolute atomic E-state index is 13.1. The van der Waals surface area contributed by atoms with Gasteiger partial charge in [0.15, 0.2) is 11.5 Å². The molecule has 0 aromatic carbocycles. The maximum atomic E-state index is 13.1. The molecule has 0 unspecified atom stereocenters. The summed E-state index contributed by atoms with van der Waals surface area (Å²) in [7, 11) is 0. The molecule has 0 fully saturated rings. The van der Waals surface area contributed by atoms with Gasteiger partial charge >= 0.3 is 0 Å². The van der Waals surface area contributed by atoms with Crippen molar-refractivity contribution in [2.24, 2.45) is 0 Å². The Balaban J connectivity index is 2.17. The van der Waals surface area contributed by atoms with Gasteiger partial charge in [-0.3, -0.25) is 9.78 Å². The Morgan fingerprint density at radius 2 is 2.33 bits per heavy atom. The Morgan fingerprint density at radius 1 is 1.47 bits per heavy atom. The van der Waals surface area contributed by atoms with Gasteiger partial charge in [0.25, 0.3) is 5.91 Å². The molecule has 6 nitrogen and oxygen atoms in total. The van der Waals surface area contributed by atoms with Crippen LogP contribution in [0.3, 0.4) is 0 Å². The van der Waals surface area contributed by atoms with Gasteiger partial charge in [0.1, 0.15) is 0 Å². The fourth-order valence-corrected chi connectivity index (χ4v) is 0.974. The lowest BCUT2D eigenvalue weighted by Crippen LogP contribution is -2.13. The first-order valence-corrected chi connectivity index (χ1v) is 4.04. The zero-order chi connectivity index (χ0) is 10.7. The van der Waals surface area contributed by atoms with Crippen LogP contribution in [-0.2, 0) is 0 Å². The highest BCUT2D eigenvalue weighted by Gasteiger charge is 2.10. The van der Waals surface area contributed by atoms with Crippen molar-refractivity contribution in [1.82, 2.24) is 20.4 Å². The molecule has 2 aromatic heterocycles. The highest BCUT2D eigenvalue weighted by Crippen LogP contribution is 2.11. The topological polar surface area (TPSA) is 83.6 Å². The molecule has 0 atom stereocenters. The van der Waals surface area contributed by atoms with Crippen molar-refractivity contribution in [2.75, 3.05) is 5.32 Å². The fourth-order valence-electron chi connectivity index (χ4n) is 0.974. The zero-order valence-electron chi connectivity index (χ0n) is 7.44. The Hall–Kier alpha value is -2.31. The normalized spacial score (nSPS) is 9.93. The van der Waals surface area contributed by atoms with Gasteiger partial charge in [-0.05, 0) is 6.07 Å². The monoisotopic (exact) mass is 207 g/mol. The van der Waals surface area contributed by atoms with Gasteiger partial charge in [0, 0.05) is 6.20 Å². The number of aromatic amines is 1. The van der Waals surface area contributed by atoms with Gasteiger partial charge in [0.2, 0.25) is 0 Å². The quantitative estimate of drug-likeness (QED) is 0.754. The lowest BCUT2D eigenvalue weighted by molar-refractivity contribution is 0.102. The maximum Gasteiger partial charge on any atom is 0.277 e. The number of rotatable bonds is 2. The van der Waals surface area contributed by atoms with E-state index in [9.17, 15) is 9.18 Å². The Kier molecular flexibility index (Phi) is 2.36. The fraction of sp³-hybridized carbons (Fsp3) is 0. The molecule has 76 valence electrons. The highest BCUT2D eigenvalue weighted by molar-refractivity contribution is 6.02. The van der Waals surface area contributed by atoms with Gasteiger partial charge in [-0.25, -0.2) is 4.39 Å². The van der Waals surface area contributed by atoms with Crippen LogP contribution in [0.25, 0.3) is 0 Å². The first-order valence-electron chi connectivity index (χ1n) is 4.04. The third-order valence-corrected chi connectivity index (χ3v) is 1.67. The number of anilines is 1. The smallest absolute Gasteiger partial charge is 0.277 e. The van der Waals surface area contributed by atoms with Crippen LogP contribution in [0.1, 0.15) is 10.5 Å². The van der Waals surface area contributed by atoms with E-state index in [2.05, 4.69) is 25.7 Å².